The van der Waals surface area contributed by atoms with E-state index < -0.39 is 0 Å². The van der Waals surface area contributed by atoms with Crippen LogP contribution in [0.4, 0.5) is 0 Å². The average molecular weight is 173 g/mol. The van der Waals surface area contributed by atoms with E-state index in [0.717, 1.165) is 17.2 Å². The van der Waals surface area contributed by atoms with E-state index >= 15 is 0 Å². The molecule has 1 aromatic heterocycles. The average Bonchev–Trinajstić information content (AvgIpc) is 2.16. The zero-order valence-corrected chi connectivity index (χ0v) is 7.50. The SMILES string of the molecule is CCc1cccc2cc(=O)[nH]cc12. The number of nitrogens with one attached hydrogen (secondary N) is 1. The molecular formula is C11H11NO. The van der Waals surface area contributed by atoms with Gasteiger partial charge >= 0.3 is 0 Å². The Morgan fingerprint density at radius 2 is 2.23 bits per heavy atom. The summed E-state index contributed by atoms with van der Waals surface area (Å²) in [7, 11) is 0. The van der Waals surface area contributed by atoms with Gasteiger partial charge in [-0.2, -0.15) is 0 Å². The lowest BCUT2D eigenvalue weighted by atomic mass is 10.1. The predicted molar refractivity (Wildman–Crippen MR) is 53.9 cm³/mol. The van der Waals surface area contributed by atoms with Gasteiger partial charge < -0.3 is 4.98 Å². The minimum atomic E-state index is -0.0410. The van der Waals surface area contributed by atoms with E-state index in [1.165, 1.54) is 5.56 Å². The molecule has 0 unspecified atom stereocenters. The largest absolute Gasteiger partial charge is 0.328 e. The highest BCUT2D eigenvalue weighted by Crippen LogP contribution is 2.15. The Hall–Kier alpha value is -1.57. The second kappa shape index (κ2) is 3.05. The Bertz CT molecular complexity index is 485. The third-order valence-electron chi connectivity index (χ3n) is 2.26. The zero-order valence-electron chi connectivity index (χ0n) is 7.50. The zero-order chi connectivity index (χ0) is 9.26. The van der Waals surface area contributed by atoms with E-state index in [1.807, 2.05) is 12.1 Å². The molecule has 13 heavy (non-hydrogen) atoms. The van der Waals surface area contributed by atoms with Crippen LogP contribution >= 0.6 is 0 Å². The maximum atomic E-state index is 11.0. The van der Waals surface area contributed by atoms with E-state index in [-0.39, 0.29) is 5.56 Å². The van der Waals surface area contributed by atoms with Crippen molar-refractivity contribution in [3.05, 3.63) is 46.4 Å². The van der Waals surface area contributed by atoms with Gasteiger partial charge in [-0.15, -0.1) is 0 Å². The molecule has 0 fully saturated rings. The van der Waals surface area contributed by atoms with Crippen LogP contribution in [-0.4, -0.2) is 4.98 Å². The smallest absolute Gasteiger partial charge is 0.248 e. The van der Waals surface area contributed by atoms with Crippen molar-refractivity contribution in [2.45, 2.75) is 13.3 Å². The van der Waals surface area contributed by atoms with E-state index in [0.29, 0.717) is 0 Å². The van der Waals surface area contributed by atoms with E-state index in [1.54, 1.807) is 12.3 Å². The number of benzene rings is 1. The number of aryl methyl sites for hydroxylation is 1. The summed E-state index contributed by atoms with van der Waals surface area (Å²) in [5, 5.41) is 2.16. The van der Waals surface area contributed by atoms with Gasteiger partial charge in [-0.3, -0.25) is 4.79 Å². The molecule has 66 valence electrons. The number of pyridine rings is 1. The van der Waals surface area contributed by atoms with Crippen molar-refractivity contribution in [1.29, 1.82) is 0 Å². The monoisotopic (exact) mass is 173 g/mol. The third-order valence-corrected chi connectivity index (χ3v) is 2.26. The Kier molecular flexibility index (Phi) is 1.89. The van der Waals surface area contributed by atoms with E-state index in [4.69, 9.17) is 0 Å². The minimum Gasteiger partial charge on any atom is -0.328 e. The minimum absolute atomic E-state index is 0.0410. The highest BCUT2D eigenvalue weighted by atomic mass is 16.1. The Labute approximate surface area is 76.2 Å². The summed E-state index contributed by atoms with van der Waals surface area (Å²) >= 11 is 0. The van der Waals surface area contributed by atoms with Crippen molar-refractivity contribution >= 4 is 10.8 Å². The molecule has 0 saturated carbocycles. The van der Waals surface area contributed by atoms with Crippen LogP contribution in [0.25, 0.3) is 10.8 Å². The number of H-pyrrole nitrogens is 1. The van der Waals surface area contributed by atoms with Crippen LogP contribution in [0.2, 0.25) is 0 Å². The third kappa shape index (κ3) is 1.35. The topological polar surface area (TPSA) is 32.9 Å². The molecule has 2 nitrogen and oxygen atoms in total. The van der Waals surface area contributed by atoms with Crippen molar-refractivity contribution < 1.29 is 0 Å². The molecule has 0 aliphatic rings. The van der Waals surface area contributed by atoms with Gasteiger partial charge in [-0.25, -0.2) is 0 Å². The molecule has 0 aliphatic heterocycles. The van der Waals surface area contributed by atoms with E-state index in [2.05, 4.69) is 18.0 Å². The summed E-state index contributed by atoms with van der Waals surface area (Å²) in [5.41, 5.74) is 1.23. The first kappa shape index (κ1) is 8.05. The standard InChI is InChI=1S/C11H11NO/c1-2-8-4-3-5-9-6-11(13)12-7-10(8)9/h3-7H,2H2,1H3,(H,12,13). The Morgan fingerprint density at radius 3 is 3.00 bits per heavy atom. The molecule has 1 N–H and O–H groups in total. The lowest BCUT2D eigenvalue weighted by Crippen LogP contribution is -2.02. The first-order chi connectivity index (χ1) is 6.31. The lowest BCUT2D eigenvalue weighted by molar-refractivity contribution is 1.15. The fourth-order valence-electron chi connectivity index (χ4n) is 1.57. The van der Waals surface area contributed by atoms with Crippen LogP contribution in [0, 0.1) is 0 Å². The fraction of sp³-hybridized carbons (Fsp3) is 0.182. The highest BCUT2D eigenvalue weighted by Gasteiger charge is 1.98. The number of aromatic amines is 1. The van der Waals surface area contributed by atoms with Crippen molar-refractivity contribution in [3.8, 4) is 0 Å². The van der Waals surface area contributed by atoms with Crippen LogP contribution in [0.15, 0.2) is 35.3 Å². The molecular weight excluding hydrogens is 162 g/mol. The van der Waals surface area contributed by atoms with Gasteiger partial charge in [0.2, 0.25) is 5.56 Å². The summed E-state index contributed by atoms with van der Waals surface area (Å²) in [6.07, 6.45) is 2.78. The van der Waals surface area contributed by atoms with Gasteiger partial charge in [0, 0.05) is 17.6 Å². The van der Waals surface area contributed by atoms with Crippen LogP contribution in [-0.2, 0) is 6.42 Å². The maximum absolute atomic E-state index is 11.0. The quantitative estimate of drug-likeness (QED) is 0.703. The predicted octanol–water partition coefficient (Wildman–Crippen LogP) is 2.09. The molecule has 0 spiro atoms. The fourth-order valence-corrected chi connectivity index (χ4v) is 1.57. The number of fused-ring (bicyclic) bond motifs is 1. The Balaban J connectivity index is 2.85. The summed E-state index contributed by atoms with van der Waals surface area (Å²) in [4.78, 5) is 13.7. The Morgan fingerprint density at radius 1 is 1.38 bits per heavy atom. The van der Waals surface area contributed by atoms with Crippen molar-refractivity contribution in [1.82, 2.24) is 4.98 Å². The lowest BCUT2D eigenvalue weighted by Gasteiger charge is -2.01. The molecule has 2 heteroatoms. The number of hydrogen-bond donors (Lipinski definition) is 1. The molecule has 0 radical (unpaired) electrons. The molecule has 1 heterocycles. The normalized spacial score (nSPS) is 10.5. The van der Waals surface area contributed by atoms with Gasteiger partial charge in [-0.05, 0) is 17.4 Å². The second-order valence-corrected chi connectivity index (χ2v) is 3.07. The maximum Gasteiger partial charge on any atom is 0.248 e. The summed E-state index contributed by atoms with van der Waals surface area (Å²) < 4.78 is 0. The van der Waals surface area contributed by atoms with Gasteiger partial charge in [0.05, 0.1) is 0 Å². The summed E-state index contributed by atoms with van der Waals surface area (Å²) in [5.74, 6) is 0. The highest BCUT2D eigenvalue weighted by molar-refractivity contribution is 5.84. The van der Waals surface area contributed by atoms with Gasteiger partial charge in [0.15, 0.2) is 0 Å². The first-order valence-electron chi connectivity index (χ1n) is 4.41. The van der Waals surface area contributed by atoms with Gasteiger partial charge in [0.25, 0.3) is 0 Å². The van der Waals surface area contributed by atoms with Gasteiger partial charge in [0.1, 0.15) is 0 Å². The molecule has 2 rings (SSSR count). The molecule has 0 bridgehead atoms. The summed E-state index contributed by atoms with van der Waals surface area (Å²) in [6, 6.07) is 7.67. The molecule has 0 aliphatic carbocycles. The van der Waals surface area contributed by atoms with Crippen molar-refractivity contribution in [2.75, 3.05) is 0 Å². The van der Waals surface area contributed by atoms with Crippen molar-refractivity contribution in [2.24, 2.45) is 0 Å². The molecule has 1 aromatic carbocycles. The number of rotatable bonds is 1. The molecule has 0 saturated heterocycles. The van der Waals surface area contributed by atoms with Gasteiger partial charge in [-0.1, -0.05) is 25.1 Å². The van der Waals surface area contributed by atoms with Crippen molar-refractivity contribution in [3.63, 3.8) is 0 Å². The van der Waals surface area contributed by atoms with Crippen LogP contribution in [0.5, 0.6) is 0 Å². The summed E-state index contributed by atoms with van der Waals surface area (Å²) in [6.45, 7) is 2.11. The number of hydrogen-bond acceptors (Lipinski definition) is 1. The first-order valence-corrected chi connectivity index (χ1v) is 4.41. The molecule has 2 aromatic rings. The van der Waals surface area contributed by atoms with Crippen LogP contribution in [0.1, 0.15) is 12.5 Å². The van der Waals surface area contributed by atoms with Crippen LogP contribution < -0.4 is 5.56 Å². The second-order valence-electron chi connectivity index (χ2n) is 3.07. The van der Waals surface area contributed by atoms with Crippen LogP contribution in [0.3, 0.4) is 0 Å². The molecule has 0 atom stereocenters. The number of aromatic nitrogens is 1. The molecule has 0 amide bonds. The van der Waals surface area contributed by atoms with E-state index in [9.17, 15) is 4.79 Å².